The molecule has 0 bridgehead atoms. The summed E-state index contributed by atoms with van der Waals surface area (Å²) in [5, 5.41) is 10.6. The predicted molar refractivity (Wildman–Crippen MR) is 254 cm³/mol. The van der Waals surface area contributed by atoms with Crippen molar-refractivity contribution in [1.29, 1.82) is 0 Å². The molecule has 2 rings (SSSR count). The number of nitrogens with one attached hydrogen (secondary N) is 1. The fourth-order valence-corrected chi connectivity index (χ4v) is 3.33. The van der Waals surface area contributed by atoms with Crippen LogP contribution in [-0.2, 0) is 34.1 Å². The Morgan fingerprint density at radius 2 is 1.07 bits per heavy atom. The van der Waals surface area contributed by atoms with E-state index in [2.05, 4.69) is 96.8 Å². The lowest BCUT2D eigenvalue weighted by molar-refractivity contribution is -0.149. The Balaban J connectivity index is -0.000000318. The standard InChI is InChI=1S/C12H16O.C12H16.2C8H14O2.C7H13NO.C4H6O2/c1-5-10-6-8-11(9-7-10)13-12(2,3)4;1-5-10-6-8-11(9-7-10)12(2,3)4;1-6(2)7(9)10-8(3,4)5;1-4-5-6-10-8(9)7(2)3;1-5(2)7(9)8-6(3)4;1-3(2)4(5)6/h5-9H,1H2,2-4H3;5-9H,1H2,2-4H3;1H2,2-5H3;2,4-6H2,1,3H3;6H,1H2,2-4H3,(H,8,9);1H2,2H3,(H,5,6). The van der Waals surface area contributed by atoms with Crippen molar-refractivity contribution >= 4 is 36.0 Å². The van der Waals surface area contributed by atoms with Crippen LogP contribution < -0.4 is 10.1 Å². The summed E-state index contributed by atoms with van der Waals surface area (Å²) in [5.41, 5.74) is 5.02. The lowest BCUT2D eigenvalue weighted by atomic mass is 9.87. The molecule has 0 aliphatic carbocycles. The second-order valence-corrected chi connectivity index (χ2v) is 17.1. The molecule has 9 heteroatoms. The molecule has 0 aromatic heterocycles. The summed E-state index contributed by atoms with van der Waals surface area (Å²) in [7, 11) is 0. The van der Waals surface area contributed by atoms with E-state index >= 15 is 0 Å². The summed E-state index contributed by atoms with van der Waals surface area (Å²) < 4.78 is 15.4. The molecule has 0 heterocycles. The summed E-state index contributed by atoms with van der Waals surface area (Å²) in [6.45, 7) is 52.1. The van der Waals surface area contributed by atoms with Gasteiger partial charge in [0.2, 0.25) is 5.91 Å². The molecule has 2 aromatic rings. The number of unbranched alkanes of at least 4 members (excludes halogenated alkanes) is 1. The molecule has 0 atom stereocenters. The zero-order chi connectivity index (χ0) is 48.0. The Kier molecular flexibility index (Phi) is 32.1. The van der Waals surface area contributed by atoms with E-state index in [0.717, 1.165) is 24.2 Å². The van der Waals surface area contributed by atoms with E-state index in [-0.39, 0.29) is 40.5 Å². The minimum atomic E-state index is -0.935. The van der Waals surface area contributed by atoms with Crippen molar-refractivity contribution < 1.29 is 38.5 Å². The van der Waals surface area contributed by atoms with Crippen molar-refractivity contribution in [3.05, 3.63) is 127 Å². The highest BCUT2D eigenvalue weighted by Crippen LogP contribution is 2.22. The number of carbonyl (C=O) groups excluding carboxylic acids is 3. The molecule has 2 aromatic carbocycles. The number of rotatable bonds is 11. The second-order valence-electron chi connectivity index (χ2n) is 17.1. The molecule has 0 saturated carbocycles. The largest absolute Gasteiger partial charge is 0.488 e. The van der Waals surface area contributed by atoms with E-state index < -0.39 is 11.6 Å². The van der Waals surface area contributed by atoms with E-state index in [4.69, 9.17) is 19.3 Å². The van der Waals surface area contributed by atoms with Gasteiger partial charge in [0.05, 0.1) is 6.61 Å². The van der Waals surface area contributed by atoms with Crippen LogP contribution in [0.3, 0.4) is 0 Å². The number of amides is 1. The summed E-state index contributed by atoms with van der Waals surface area (Å²) in [6.07, 6.45) is 5.66. The van der Waals surface area contributed by atoms with Gasteiger partial charge >= 0.3 is 17.9 Å². The van der Waals surface area contributed by atoms with Gasteiger partial charge in [-0.25, -0.2) is 14.4 Å². The van der Waals surface area contributed by atoms with Crippen molar-refractivity contribution in [3.8, 4) is 5.75 Å². The van der Waals surface area contributed by atoms with Crippen LogP contribution in [0.1, 0.15) is 140 Å². The van der Waals surface area contributed by atoms with Crippen molar-refractivity contribution in [3.63, 3.8) is 0 Å². The van der Waals surface area contributed by atoms with E-state index in [1.54, 1.807) is 20.8 Å². The fourth-order valence-electron chi connectivity index (χ4n) is 3.33. The van der Waals surface area contributed by atoms with Crippen LogP contribution >= 0.6 is 0 Å². The van der Waals surface area contributed by atoms with Gasteiger partial charge in [0.15, 0.2) is 0 Å². The molecule has 0 saturated heterocycles. The Morgan fingerprint density at radius 1 is 0.667 bits per heavy atom. The van der Waals surface area contributed by atoms with Crippen LogP contribution in [0.15, 0.2) is 110 Å². The first-order valence-corrected chi connectivity index (χ1v) is 20.0. The molecule has 336 valence electrons. The summed E-state index contributed by atoms with van der Waals surface area (Å²) in [4.78, 5) is 41.9. The maximum atomic E-state index is 10.8. The monoisotopic (exact) mass is 834 g/mol. The summed E-state index contributed by atoms with van der Waals surface area (Å²) >= 11 is 0. The number of aliphatic carboxylic acids is 1. The van der Waals surface area contributed by atoms with Crippen molar-refractivity contribution in [1.82, 2.24) is 5.32 Å². The van der Waals surface area contributed by atoms with Gasteiger partial charge in [-0.15, -0.1) is 0 Å². The predicted octanol–water partition coefficient (Wildman–Crippen LogP) is 12.7. The molecule has 1 amide bonds. The van der Waals surface area contributed by atoms with Crippen molar-refractivity contribution in [2.24, 2.45) is 0 Å². The maximum Gasteiger partial charge on any atom is 0.333 e. The first-order valence-electron chi connectivity index (χ1n) is 20.0. The Morgan fingerprint density at radius 3 is 1.30 bits per heavy atom. The molecular weight excluding hydrogens is 755 g/mol. The minimum absolute atomic E-state index is 0.0648. The SMILES string of the molecule is C=C(C)C(=O)NC(C)C.C=C(C)C(=O)O.C=C(C)C(=O)OC(C)(C)C.C=C(C)C(=O)OCCCC.C=Cc1ccc(C(C)(C)C)cc1.C=Cc1ccc(OC(C)(C)C)cc1. The number of hydrogen-bond acceptors (Lipinski definition) is 7. The van der Waals surface area contributed by atoms with Crippen LogP contribution in [0.25, 0.3) is 12.2 Å². The Hall–Kier alpha value is -5.44. The normalized spacial score (nSPS) is 10.1. The number of hydrogen-bond donors (Lipinski definition) is 2. The van der Waals surface area contributed by atoms with Crippen LogP contribution in [0.2, 0.25) is 0 Å². The van der Waals surface area contributed by atoms with Crippen LogP contribution in [0, 0.1) is 0 Å². The van der Waals surface area contributed by atoms with Gasteiger partial charge in [0, 0.05) is 28.3 Å². The molecular formula is C51H79NO8. The molecule has 0 aliphatic heterocycles. The van der Waals surface area contributed by atoms with E-state index in [1.807, 2.05) is 91.8 Å². The molecule has 60 heavy (non-hydrogen) atoms. The third kappa shape index (κ3) is 39.4. The maximum absolute atomic E-state index is 10.8. The van der Waals surface area contributed by atoms with Gasteiger partial charge in [0.25, 0.3) is 0 Å². The number of benzene rings is 2. The highest BCUT2D eigenvalue weighted by molar-refractivity contribution is 5.92. The number of carbonyl (C=O) groups is 4. The third-order valence-electron chi connectivity index (χ3n) is 6.55. The highest BCUT2D eigenvalue weighted by Gasteiger charge is 2.16. The summed E-state index contributed by atoms with van der Waals surface area (Å²) in [6, 6.07) is 16.6. The summed E-state index contributed by atoms with van der Waals surface area (Å²) in [5.74, 6) is -0.709. The van der Waals surface area contributed by atoms with Gasteiger partial charge in [-0.3, -0.25) is 4.79 Å². The van der Waals surface area contributed by atoms with Crippen molar-refractivity contribution in [2.45, 2.75) is 146 Å². The zero-order valence-electron chi connectivity index (χ0n) is 40.0. The number of ether oxygens (including phenoxy) is 3. The number of esters is 2. The van der Waals surface area contributed by atoms with Gasteiger partial charge in [-0.2, -0.15) is 0 Å². The Labute approximate surface area is 364 Å². The molecule has 0 spiro atoms. The topological polar surface area (TPSA) is 128 Å². The molecule has 0 radical (unpaired) electrons. The smallest absolute Gasteiger partial charge is 0.333 e. The van der Waals surface area contributed by atoms with Crippen LogP contribution in [0.4, 0.5) is 0 Å². The zero-order valence-corrected chi connectivity index (χ0v) is 40.0. The lowest BCUT2D eigenvalue weighted by Crippen LogP contribution is -2.30. The second kappa shape index (κ2) is 31.5. The lowest BCUT2D eigenvalue weighted by Gasteiger charge is -2.21. The third-order valence-corrected chi connectivity index (χ3v) is 6.55. The van der Waals surface area contributed by atoms with Crippen LogP contribution in [-0.4, -0.2) is 52.8 Å². The van der Waals surface area contributed by atoms with Gasteiger partial charge in [-0.1, -0.05) is 122 Å². The highest BCUT2D eigenvalue weighted by atomic mass is 16.6. The quantitative estimate of drug-likeness (QED) is 0.130. The Bertz CT molecular complexity index is 1650. The average molecular weight is 834 g/mol. The number of carboxylic acids is 1. The minimum Gasteiger partial charge on any atom is -0.488 e. The number of carboxylic acid groups (broad SMARTS) is 1. The fraction of sp³-hybridized carbons (Fsp3) is 0.451. The van der Waals surface area contributed by atoms with Gasteiger partial charge < -0.3 is 24.6 Å². The molecule has 2 N–H and O–H groups in total. The van der Waals surface area contributed by atoms with Crippen LogP contribution in [0.5, 0.6) is 5.75 Å². The molecule has 0 unspecified atom stereocenters. The first kappa shape index (κ1) is 61.2. The molecule has 9 nitrogen and oxygen atoms in total. The van der Waals surface area contributed by atoms with E-state index in [1.165, 1.54) is 18.1 Å². The van der Waals surface area contributed by atoms with Gasteiger partial charge in [-0.05, 0) is 124 Å². The van der Waals surface area contributed by atoms with Crippen molar-refractivity contribution in [2.75, 3.05) is 6.61 Å². The molecule has 0 fully saturated rings. The average Bonchev–Trinajstić information content (AvgIpc) is 3.11. The van der Waals surface area contributed by atoms with E-state index in [9.17, 15) is 19.2 Å². The van der Waals surface area contributed by atoms with E-state index in [0.29, 0.717) is 23.3 Å². The first-order chi connectivity index (χ1) is 27.2. The molecule has 0 aliphatic rings. The van der Waals surface area contributed by atoms with Gasteiger partial charge in [0.1, 0.15) is 17.0 Å².